The van der Waals surface area contributed by atoms with Gasteiger partial charge in [-0.15, -0.1) is 0 Å². The van der Waals surface area contributed by atoms with Crippen LogP contribution >= 0.6 is 11.8 Å². The van der Waals surface area contributed by atoms with Gasteiger partial charge in [-0.1, -0.05) is 12.1 Å². The number of hydrogen-bond acceptors (Lipinski definition) is 7. The van der Waals surface area contributed by atoms with Gasteiger partial charge in [-0.3, -0.25) is 0 Å². The number of thioether (sulfide) groups is 1. The molecule has 1 aliphatic heterocycles. The highest BCUT2D eigenvalue weighted by Gasteiger charge is 2.43. The van der Waals surface area contributed by atoms with Gasteiger partial charge < -0.3 is 25.2 Å². The first-order valence-corrected chi connectivity index (χ1v) is 6.86. The van der Waals surface area contributed by atoms with E-state index in [-0.39, 0.29) is 0 Å². The van der Waals surface area contributed by atoms with Gasteiger partial charge in [0.2, 0.25) is 0 Å². The van der Waals surface area contributed by atoms with Crippen LogP contribution in [0.25, 0.3) is 0 Å². The van der Waals surface area contributed by atoms with Crippen LogP contribution < -0.4 is 0 Å². The maximum absolute atomic E-state index is 9.97. The average molecular weight is 297 g/mol. The molecule has 1 aliphatic rings. The molecule has 0 amide bonds. The second-order valence-electron chi connectivity index (χ2n) is 4.51. The molecule has 20 heavy (non-hydrogen) atoms. The number of benzene rings is 1. The molecular formula is C13H15NO5S. The third kappa shape index (κ3) is 2.96. The molecule has 1 fully saturated rings. The Morgan fingerprint density at radius 3 is 2.30 bits per heavy atom. The second-order valence-corrected chi connectivity index (χ2v) is 5.37. The minimum atomic E-state index is -1.39. The molecule has 1 aromatic carbocycles. The molecule has 0 bridgehead atoms. The fourth-order valence-corrected chi connectivity index (χ4v) is 2.53. The monoisotopic (exact) mass is 297 g/mol. The third-order valence-corrected chi connectivity index (χ3v) is 3.86. The Bertz CT molecular complexity index is 487. The summed E-state index contributed by atoms with van der Waals surface area (Å²) in [6.45, 7) is -0.455. The van der Waals surface area contributed by atoms with Crippen molar-refractivity contribution in [2.75, 3.05) is 6.61 Å². The standard InChI is InChI=1S/C13H15NO5S/c14-6-20-8-3-1-7(2-4-8)13-12(18)11(17)10(16)9(5-15)19-13/h1-4,9-13,15-18H,5H2/t9?,10-,11-,12?,13-/m0/s1. The Morgan fingerprint density at radius 2 is 1.75 bits per heavy atom. The summed E-state index contributed by atoms with van der Waals surface area (Å²) in [5.74, 6) is 0. The summed E-state index contributed by atoms with van der Waals surface area (Å²) < 4.78 is 5.43. The van der Waals surface area contributed by atoms with Crippen molar-refractivity contribution in [1.29, 1.82) is 5.26 Å². The largest absolute Gasteiger partial charge is 0.394 e. The van der Waals surface area contributed by atoms with E-state index in [2.05, 4.69) is 0 Å². The number of hydrogen-bond donors (Lipinski definition) is 4. The predicted molar refractivity (Wildman–Crippen MR) is 70.6 cm³/mol. The van der Waals surface area contributed by atoms with Crippen LogP contribution in [0.1, 0.15) is 11.7 Å². The van der Waals surface area contributed by atoms with Gasteiger partial charge in [-0.25, -0.2) is 0 Å². The van der Waals surface area contributed by atoms with Crippen molar-refractivity contribution in [3.63, 3.8) is 0 Å². The first kappa shape index (κ1) is 15.3. The fraction of sp³-hybridized carbons (Fsp3) is 0.462. The van der Waals surface area contributed by atoms with Crippen LogP contribution in [0.4, 0.5) is 0 Å². The minimum Gasteiger partial charge on any atom is -0.394 e. The predicted octanol–water partition coefficient (Wildman–Crippen LogP) is -0.225. The topological polar surface area (TPSA) is 114 Å². The van der Waals surface area contributed by atoms with Gasteiger partial charge in [0.25, 0.3) is 0 Å². The summed E-state index contributed by atoms with van der Waals surface area (Å²) >= 11 is 1.01. The number of thiocyanates is 1. The molecule has 2 unspecified atom stereocenters. The lowest BCUT2D eigenvalue weighted by Gasteiger charge is -2.40. The molecule has 0 radical (unpaired) electrons. The lowest BCUT2D eigenvalue weighted by Crippen LogP contribution is -2.55. The first-order chi connectivity index (χ1) is 9.58. The molecule has 7 heteroatoms. The van der Waals surface area contributed by atoms with Gasteiger partial charge in [-0.05, 0) is 29.5 Å². The summed E-state index contributed by atoms with van der Waals surface area (Å²) in [5, 5.41) is 49.1. The van der Waals surface area contributed by atoms with Crippen molar-refractivity contribution in [2.45, 2.75) is 35.4 Å². The van der Waals surface area contributed by atoms with Gasteiger partial charge in [0.05, 0.1) is 6.61 Å². The van der Waals surface area contributed by atoms with E-state index in [1.165, 1.54) is 0 Å². The molecule has 1 heterocycles. The first-order valence-electron chi connectivity index (χ1n) is 6.05. The second kappa shape index (κ2) is 6.54. The zero-order valence-electron chi connectivity index (χ0n) is 10.5. The van der Waals surface area contributed by atoms with Crippen molar-refractivity contribution in [2.24, 2.45) is 0 Å². The Morgan fingerprint density at radius 1 is 1.10 bits per heavy atom. The zero-order valence-corrected chi connectivity index (χ0v) is 11.3. The van der Waals surface area contributed by atoms with Crippen molar-refractivity contribution in [1.82, 2.24) is 0 Å². The summed E-state index contributed by atoms with van der Waals surface area (Å²) in [5.41, 5.74) is 0.601. The molecule has 2 rings (SSSR count). The SMILES string of the molecule is N#CSc1ccc([C@@H]2OC(CO)[C@H](O)[C@H](O)C2O)cc1. The summed E-state index contributed by atoms with van der Waals surface area (Å²) in [7, 11) is 0. The van der Waals surface area contributed by atoms with E-state index < -0.39 is 37.1 Å². The Labute approximate surface area is 120 Å². The molecule has 5 atom stereocenters. The van der Waals surface area contributed by atoms with Crippen LogP contribution in [0.3, 0.4) is 0 Å². The molecular weight excluding hydrogens is 282 g/mol. The number of aliphatic hydroxyl groups is 4. The summed E-state index contributed by atoms with van der Waals surface area (Å²) in [6.07, 6.45) is -5.81. The van der Waals surface area contributed by atoms with E-state index in [9.17, 15) is 15.3 Å². The number of nitrogens with zero attached hydrogens (tertiary/aromatic N) is 1. The minimum absolute atomic E-state index is 0.455. The maximum Gasteiger partial charge on any atom is 0.138 e. The van der Waals surface area contributed by atoms with Gasteiger partial charge >= 0.3 is 0 Å². The van der Waals surface area contributed by atoms with Crippen molar-refractivity contribution < 1.29 is 25.2 Å². The highest BCUT2D eigenvalue weighted by atomic mass is 32.2. The maximum atomic E-state index is 9.97. The molecule has 0 saturated carbocycles. The van der Waals surface area contributed by atoms with Crippen LogP contribution in [0, 0.1) is 10.7 Å². The van der Waals surface area contributed by atoms with Crippen LogP contribution in [0.15, 0.2) is 29.2 Å². The molecule has 1 aromatic rings. The van der Waals surface area contributed by atoms with Gasteiger partial charge in [0, 0.05) is 4.90 Å². The van der Waals surface area contributed by atoms with Crippen molar-refractivity contribution in [3.05, 3.63) is 29.8 Å². The van der Waals surface area contributed by atoms with Crippen LogP contribution in [0.2, 0.25) is 0 Å². The van der Waals surface area contributed by atoms with Crippen LogP contribution in [-0.2, 0) is 4.74 Å². The summed E-state index contributed by atoms with van der Waals surface area (Å²) in [4.78, 5) is 0.751. The van der Waals surface area contributed by atoms with E-state index in [0.717, 1.165) is 16.7 Å². The molecule has 108 valence electrons. The smallest absolute Gasteiger partial charge is 0.138 e. The lowest BCUT2D eigenvalue weighted by molar-refractivity contribution is -0.231. The molecule has 0 aromatic heterocycles. The van der Waals surface area contributed by atoms with E-state index in [0.29, 0.717) is 5.56 Å². The van der Waals surface area contributed by atoms with E-state index >= 15 is 0 Å². The van der Waals surface area contributed by atoms with Crippen LogP contribution in [0.5, 0.6) is 0 Å². The number of rotatable bonds is 3. The van der Waals surface area contributed by atoms with Gasteiger partial charge in [0.1, 0.15) is 35.9 Å². The van der Waals surface area contributed by atoms with Gasteiger partial charge in [0.15, 0.2) is 0 Å². The number of nitriles is 1. The third-order valence-electron chi connectivity index (χ3n) is 3.26. The zero-order chi connectivity index (χ0) is 14.7. The molecule has 1 saturated heterocycles. The van der Waals surface area contributed by atoms with Crippen molar-refractivity contribution in [3.8, 4) is 5.40 Å². The molecule has 6 nitrogen and oxygen atoms in total. The highest BCUT2D eigenvalue weighted by Crippen LogP contribution is 2.33. The number of ether oxygens (including phenoxy) is 1. The van der Waals surface area contributed by atoms with Crippen LogP contribution in [-0.4, -0.2) is 51.4 Å². The molecule has 0 spiro atoms. The Kier molecular flexibility index (Phi) is 4.99. The average Bonchev–Trinajstić information content (AvgIpc) is 2.47. The normalized spacial score (nSPS) is 33.6. The highest BCUT2D eigenvalue weighted by molar-refractivity contribution is 8.03. The van der Waals surface area contributed by atoms with E-state index in [4.69, 9.17) is 15.1 Å². The van der Waals surface area contributed by atoms with Crippen molar-refractivity contribution >= 4 is 11.8 Å². The van der Waals surface area contributed by atoms with Gasteiger partial charge in [-0.2, -0.15) is 5.26 Å². The quantitative estimate of drug-likeness (QED) is 0.450. The number of aliphatic hydroxyl groups excluding tert-OH is 4. The van der Waals surface area contributed by atoms with E-state index in [1.807, 2.05) is 5.40 Å². The molecule has 0 aliphatic carbocycles. The van der Waals surface area contributed by atoms with E-state index in [1.54, 1.807) is 24.3 Å². The molecule has 4 N–H and O–H groups in total. The lowest BCUT2D eigenvalue weighted by atomic mass is 9.91. The summed E-state index contributed by atoms with van der Waals surface area (Å²) in [6, 6.07) is 6.74. The fourth-order valence-electron chi connectivity index (χ4n) is 2.16. The Balaban J connectivity index is 2.20. The Hall–Kier alpha value is -1.14.